The molecule has 2 aromatic heterocycles. The summed E-state index contributed by atoms with van der Waals surface area (Å²) in [7, 11) is 0. The van der Waals surface area contributed by atoms with Crippen molar-refractivity contribution in [3.8, 4) is 11.8 Å². The number of amides is 1. The third-order valence-corrected chi connectivity index (χ3v) is 5.62. The highest BCUT2D eigenvalue weighted by Gasteiger charge is 2.23. The van der Waals surface area contributed by atoms with Crippen LogP contribution in [-0.4, -0.2) is 32.2 Å². The number of carbonyl (C=O) groups is 1. The van der Waals surface area contributed by atoms with Crippen molar-refractivity contribution in [3.63, 3.8) is 0 Å². The van der Waals surface area contributed by atoms with Crippen LogP contribution in [-0.2, 0) is 19.6 Å². The Labute approximate surface area is 184 Å². The van der Waals surface area contributed by atoms with Crippen LogP contribution in [0.1, 0.15) is 33.6 Å². The minimum absolute atomic E-state index is 0.249. The van der Waals surface area contributed by atoms with Gasteiger partial charge in [-0.25, -0.2) is 0 Å². The van der Waals surface area contributed by atoms with Crippen LogP contribution >= 0.6 is 0 Å². The average molecular weight is 429 g/mol. The number of primary amides is 1. The molecule has 4 aromatic rings. The minimum atomic E-state index is -0.530. The Bertz CT molecular complexity index is 1300. The summed E-state index contributed by atoms with van der Waals surface area (Å²) in [5.41, 5.74) is 9.26. The summed E-state index contributed by atoms with van der Waals surface area (Å²) in [5, 5.41) is 14.1. The fourth-order valence-electron chi connectivity index (χ4n) is 4.10. The summed E-state index contributed by atoms with van der Waals surface area (Å²) >= 11 is 0. The maximum Gasteiger partial charge on any atom is 0.249 e. The molecular weight excluding hydrogens is 406 g/mol. The topological polar surface area (TPSA) is 115 Å². The van der Waals surface area contributed by atoms with Gasteiger partial charge in [-0.2, -0.15) is 9.97 Å². The highest BCUT2D eigenvalue weighted by Crippen LogP contribution is 2.32. The van der Waals surface area contributed by atoms with Gasteiger partial charge in [0.1, 0.15) is 5.82 Å². The van der Waals surface area contributed by atoms with Crippen LogP contribution in [0.3, 0.4) is 0 Å². The standard InChI is InChI=1S/C24H23N5O3/c25-21(31)17-8-4-10-20-19(17)12-16(14-30)29(20)24-27-22(18-9-5-11-32-23(18)28-24)26-13-15-6-2-1-3-7-15/h1-4,6-8,10,12,30H,5,9,11,13-14H2,(H2,25,31)(H,26,27,28). The Morgan fingerprint density at radius 1 is 1.16 bits per heavy atom. The highest BCUT2D eigenvalue weighted by molar-refractivity contribution is 6.06. The molecule has 0 spiro atoms. The Morgan fingerprint density at radius 3 is 2.78 bits per heavy atom. The van der Waals surface area contributed by atoms with E-state index in [9.17, 15) is 9.90 Å². The number of aliphatic hydroxyl groups excluding tert-OH is 1. The molecule has 5 rings (SSSR count). The van der Waals surface area contributed by atoms with Crippen LogP contribution in [0.5, 0.6) is 5.88 Å². The largest absolute Gasteiger partial charge is 0.477 e. The summed E-state index contributed by atoms with van der Waals surface area (Å²) in [6.07, 6.45) is 1.71. The monoisotopic (exact) mass is 429 g/mol. The van der Waals surface area contributed by atoms with E-state index < -0.39 is 5.91 Å². The van der Waals surface area contributed by atoms with Gasteiger partial charge in [-0.1, -0.05) is 36.4 Å². The number of carbonyl (C=O) groups excluding carboxylic acids is 1. The van der Waals surface area contributed by atoms with Crippen molar-refractivity contribution in [2.45, 2.75) is 26.0 Å². The number of aromatic nitrogens is 3. The molecule has 0 fully saturated rings. The first-order valence-corrected chi connectivity index (χ1v) is 10.5. The second-order valence-corrected chi connectivity index (χ2v) is 7.68. The zero-order chi connectivity index (χ0) is 22.1. The summed E-state index contributed by atoms with van der Waals surface area (Å²) in [5.74, 6) is 1.07. The first-order valence-electron chi connectivity index (χ1n) is 10.5. The Hall–Kier alpha value is -3.91. The molecule has 2 aromatic carbocycles. The Morgan fingerprint density at radius 2 is 2.00 bits per heavy atom. The van der Waals surface area contributed by atoms with Crippen LogP contribution in [0.15, 0.2) is 54.6 Å². The number of hydrogen-bond donors (Lipinski definition) is 3. The van der Waals surface area contributed by atoms with Gasteiger partial charge in [0.2, 0.25) is 17.7 Å². The molecule has 1 amide bonds. The number of hydrogen-bond acceptors (Lipinski definition) is 6. The fourth-order valence-corrected chi connectivity index (χ4v) is 4.10. The van der Waals surface area contributed by atoms with E-state index in [0.717, 1.165) is 24.0 Å². The second kappa shape index (κ2) is 8.32. The van der Waals surface area contributed by atoms with Crippen LogP contribution in [0.4, 0.5) is 5.82 Å². The van der Waals surface area contributed by atoms with Gasteiger partial charge in [0.15, 0.2) is 0 Å². The molecule has 8 heteroatoms. The first-order chi connectivity index (χ1) is 15.7. The maximum absolute atomic E-state index is 11.9. The van der Waals surface area contributed by atoms with Crippen molar-refractivity contribution in [1.29, 1.82) is 0 Å². The van der Waals surface area contributed by atoms with Gasteiger partial charge in [-0.05, 0) is 36.6 Å². The van der Waals surface area contributed by atoms with E-state index >= 15 is 0 Å². The average Bonchev–Trinajstić information content (AvgIpc) is 3.21. The number of rotatable bonds is 6. The summed E-state index contributed by atoms with van der Waals surface area (Å²) < 4.78 is 7.61. The molecular formula is C24H23N5O3. The minimum Gasteiger partial charge on any atom is -0.477 e. The lowest BCUT2D eigenvalue weighted by atomic mass is 10.1. The van der Waals surface area contributed by atoms with Crippen LogP contribution in [0, 0.1) is 0 Å². The lowest BCUT2D eigenvalue weighted by Gasteiger charge is -2.21. The van der Waals surface area contributed by atoms with E-state index in [-0.39, 0.29) is 6.61 Å². The molecule has 1 aliphatic heterocycles. The zero-order valence-electron chi connectivity index (χ0n) is 17.4. The van der Waals surface area contributed by atoms with Crippen molar-refractivity contribution in [2.75, 3.05) is 11.9 Å². The van der Waals surface area contributed by atoms with E-state index in [2.05, 4.69) is 10.3 Å². The second-order valence-electron chi connectivity index (χ2n) is 7.68. The summed E-state index contributed by atoms with van der Waals surface area (Å²) in [4.78, 5) is 21.4. The van der Waals surface area contributed by atoms with Crippen molar-refractivity contribution in [2.24, 2.45) is 5.73 Å². The quantitative estimate of drug-likeness (QED) is 0.434. The van der Waals surface area contributed by atoms with Crippen LogP contribution in [0.25, 0.3) is 16.9 Å². The number of nitrogens with zero attached hydrogens (tertiary/aromatic N) is 3. The molecule has 32 heavy (non-hydrogen) atoms. The van der Waals surface area contributed by atoms with Gasteiger partial charge in [-0.3, -0.25) is 9.36 Å². The van der Waals surface area contributed by atoms with Gasteiger partial charge < -0.3 is 20.9 Å². The first kappa shape index (κ1) is 20.0. The number of nitrogens with two attached hydrogens (primary N) is 1. The predicted molar refractivity (Wildman–Crippen MR) is 121 cm³/mol. The number of ether oxygens (including phenoxy) is 1. The maximum atomic E-state index is 11.9. The van der Waals surface area contributed by atoms with Crippen molar-refractivity contribution in [3.05, 3.63) is 77.0 Å². The third-order valence-electron chi connectivity index (χ3n) is 5.62. The van der Waals surface area contributed by atoms with Gasteiger partial charge in [0.25, 0.3) is 0 Å². The highest BCUT2D eigenvalue weighted by atomic mass is 16.5. The van der Waals surface area contributed by atoms with Crippen molar-refractivity contribution >= 4 is 22.6 Å². The third kappa shape index (κ3) is 3.54. The van der Waals surface area contributed by atoms with Crippen LogP contribution < -0.4 is 15.8 Å². The number of nitrogens with one attached hydrogen (secondary N) is 1. The molecule has 0 unspecified atom stereocenters. The molecule has 0 atom stereocenters. The Kier molecular flexibility index (Phi) is 5.20. The predicted octanol–water partition coefficient (Wildman–Crippen LogP) is 2.95. The molecule has 8 nitrogen and oxygen atoms in total. The lowest BCUT2D eigenvalue weighted by Crippen LogP contribution is -2.17. The van der Waals surface area contributed by atoms with E-state index in [4.69, 9.17) is 15.5 Å². The van der Waals surface area contributed by atoms with Crippen LogP contribution in [0.2, 0.25) is 0 Å². The molecule has 0 bridgehead atoms. The normalized spacial score (nSPS) is 12.9. The Balaban J connectivity index is 1.64. The molecule has 0 saturated carbocycles. The molecule has 0 saturated heterocycles. The smallest absolute Gasteiger partial charge is 0.249 e. The van der Waals surface area contributed by atoms with E-state index in [0.29, 0.717) is 53.0 Å². The molecule has 162 valence electrons. The molecule has 3 heterocycles. The molecule has 1 aliphatic rings. The molecule has 4 N–H and O–H groups in total. The van der Waals surface area contributed by atoms with E-state index in [1.165, 1.54) is 0 Å². The van der Waals surface area contributed by atoms with Gasteiger partial charge >= 0.3 is 0 Å². The SMILES string of the molecule is NC(=O)c1cccc2c1cc(CO)n2-c1nc(NCc2ccccc2)c2c(n1)OCCC2. The lowest BCUT2D eigenvalue weighted by molar-refractivity contribution is 0.100. The summed E-state index contributed by atoms with van der Waals surface area (Å²) in [6.45, 7) is 0.947. The number of benzene rings is 2. The van der Waals surface area contributed by atoms with Gasteiger partial charge in [0, 0.05) is 17.5 Å². The van der Waals surface area contributed by atoms with Gasteiger partial charge in [0.05, 0.1) is 30.0 Å². The van der Waals surface area contributed by atoms with E-state index in [1.807, 2.05) is 36.4 Å². The molecule has 0 aliphatic carbocycles. The zero-order valence-corrected chi connectivity index (χ0v) is 17.4. The molecule has 0 radical (unpaired) electrons. The van der Waals surface area contributed by atoms with E-state index in [1.54, 1.807) is 22.8 Å². The van der Waals surface area contributed by atoms with Crippen molar-refractivity contribution < 1.29 is 14.6 Å². The number of aliphatic hydroxyl groups is 1. The van der Waals surface area contributed by atoms with Crippen molar-refractivity contribution in [1.82, 2.24) is 14.5 Å². The summed E-state index contributed by atoms with van der Waals surface area (Å²) in [6, 6.07) is 17.1. The fraction of sp³-hybridized carbons (Fsp3) is 0.208. The number of anilines is 1. The van der Waals surface area contributed by atoms with Gasteiger partial charge in [-0.15, -0.1) is 0 Å². The number of fused-ring (bicyclic) bond motifs is 2.